The Balaban J connectivity index is 2.03. The molecule has 19 heavy (non-hydrogen) atoms. The first kappa shape index (κ1) is 12.1. The van der Waals surface area contributed by atoms with Crippen molar-refractivity contribution in [3.63, 3.8) is 0 Å². The second-order valence-corrected chi connectivity index (χ2v) is 4.80. The molecule has 0 aliphatic carbocycles. The van der Waals surface area contributed by atoms with E-state index in [2.05, 4.69) is 20.6 Å². The van der Waals surface area contributed by atoms with Crippen LogP contribution in [0.3, 0.4) is 0 Å². The monoisotopic (exact) mass is 274 g/mol. The van der Waals surface area contributed by atoms with Gasteiger partial charge in [0.25, 0.3) is 0 Å². The van der Waals surface area contributed by atoms with Gasteiger partial charge in [0.2, 0.25) is 0 Å². The van der Waals surface area contributed by atoms with E-state index in [4.69, 9.17) is 12.2 Å². The molecular weight excluding hydrogens is 260 g/mol. The molecule has 0 saturated heterocycles. The summed E-state index contributed by atoms with van der Waals surface area (Å²) in [7, 11) is 0. The Hall–Kier alpha value is -1.92. The number of anilines is 2. The number of nitrogens with zero attached hydrogens (tertiary/aromatic N) is 1. The first-order chi connectivity index (χ1) is 9.24. The maximum absolute atomic E-state index is 9.81. The molecular formula is C13H14N4OS. The molecule has 2 aromatic rings. The largest absolute Gasteiger partial charge is 0.506 e. The SMILES string of the molecule is Oc1ccccc1Nc1nc(=S)[nH]c2c1CNCC2. The van der Waals surface area contributed by atoms with E-state index in [1.54, 1.807) is 18.2 Å². The third-order valence-corrected chi connectivity index (χ3v) is 3.33. The number of nitrogens with one attached hydrogen (secondary N) is 3. The molecule has 3 rings (SSSR count). The van der Waals surface area contributed by atoms with E-state index in [9.17, 15) is 5.11 Å². The molecule has 0 spiro atoms. The summed E-state index contributed by atoms with van der Waals surface area (Å²) < 4.78 is 0.457. The minimum absolute atomic E-state index is 0.195. The van der Waals surface area contributed by atoms with E-state index in [1.807, 2.05) is 6.07 Å². The molecule has 4 N–H and O–H groups in total. The molecule has 0 saturated carbocycles. The van der Waals surface area contributed by atoms with Crippen LogP contribution in [0.5, 0.6) is 5.75 Å². The van der Waals surface area contributed by atoms with Crippen molar-refractivity contribution in [3.05, 3.63) is 40.3 Å². The lowest BCUT2D eigenvalue weighted by Gasteiger charge is -2.20. The summed E-state index contributed by atoms with van der Waals surface area (Å²) in [5.41, 5.74) is 2.81. The fourth-order valence-electron chi connectivity index (χ4n) is 2.19. The summed E-state index contributed by atoms with van der Waals surface area (Å²) >= 11 is 5.14. The molecule has 2 heterocycles. The van der Waals surface area contributed by atoms with E-state index in [1.165, 1.54) is 0 Å². The average Bonchev–Trinajstić information content (AvgIpc) is 2.41. The van der Waals surface area contributed by atoms with Crippen LogP contribution in [0.2, 0.25) is 0 Å². The van der Waals surface area contributed by atoms with Crippen LogP contribution in [-0.2, 0) is 13.0 Å². The highest BCUT2D eigenvalue weighted by Crippen LogP contribution is 2.28. The third-order valence-electron chi connectivity index (χ3n) is 3.13. The van der Waals surface area contributed by atoms with Gasteiger partial charge in [0.15, 0.2) is 4.77 Å². The Labute approximate surface area is 115 Å². The molecule has 0 fully saturated rings. The van der Waals surface area contributed by atoms with E-state index in [0.29, 0.717) is 16.3 Å². The molecule has 0 bridgehead atoms. The van der Waals surface area contributed by atoms with Crippen molar-refractivity contribution < 1.29 is 5.11 Å². The van der Waals surface area contributed by atoms with Crippen LogP contribution in [0.4, 0.5) is 11.5 Å². The molecule has 1 aromatic carbocycles. The summed E-state index contributed by atoms with van der Waals surface area (Å²) in [6.45, 7) is 1.67. The minimum Gasteiger partial charge on any atom is -0.506 e. The normalized spacial score (nSPS) is 13.9. The van der Waals surface area contributed by atoms with Gasteiger partial charge in [0.1, 0.15) is 11.6 Å². The summed E-state index contributed by atoms with van der Waals surface area (Å²) in [6, 6.07) is 7.08. The predicted molar refractivity (Wildman–Crippen MR) is 76.2 cm³/mol. The van der Waals surface area contributed by atoms with Crippen LogP contribution in [0.15, 0.2) is 24.3 Å². The topological polar surface area (TPSA) is 73.0 Å². The second kappa shape index (κ2) is 4.99. The molecule has 5 nitrogen and oxygen atoms in total. The van der Waals surface area contributed by atoms with Gasteiger partial charge in [0, 0.05) is 30.8 Å². The molecule has 0 unspecified atom stereocenters. The van der Waals surface area contributed by atoms with E-state index in [0.717, 1.165) is 30.8 Å². The van der Waals surface area contributed by atoms with Gasteiger partial charge in [-0.05, 0) is 24.4 Å². The summed E-state index contributed by atoms with van der Waals surface area (Å²) in [4.78, 5) is 7.45. The zero-order valence-electron chi connectivity index (χ0n) is 10.2. The molecule has 98 valence electrons. The second-order valence-electron chi connectivity index (χ2n) is 4.42. The minimum atomic E-state index is 0.195. The quantitative estimate of drug-likeness (QED) is 0.499. The van der Waals surface area contributed by atoms with Gasteiger partial charge in [-0.15, -0.1) is 0 Å². The zero-order valence-corrected chi connectivity index (χ0v) is 11.0. The smallest absolute Gasteiger partial charge is 0.198 e. The lowest BCUT2D eigenvalue weighted by molar-refractivity contribution is 0.477. The predicted octanol–water partition coefficient (Wildman–Crippen LogP) is 2.23. The third kappa shape index (κ3) is 2.45. The number of hydrogen-bond acceptors (Lipinski definition) is 5. The van der Waals surface area contributed by atoms with E-state index in [-0.39, 0.29) is 5.75 Å². The highest BCUT2D eigenvalue weighted by atomic mass is 32.1. The summed E-state index contributed by atoms with van der Waals surface area (Å²) in [5.74, 6) is 0.896. The number of fused-ring (bicyclic) bond motifs is 1. The van der Waals surface area contributed by atoms with Crippen LogP contribution >= 0.6 is 12.2 Å². The van der Waals surface area contributed by atoms with Crippen molar-refractivity contribution in [1.29, 1.82) is 0 Å². The maximum atomic E-state index is 9.81. The number of aromatic nitrogens is 2. The first-order valence-corrected chi connectivity index (χ1v) is 6.52. The molecule has 1 aliphatic heterocycles. The average molecular weight is 274 g/mol. The van der Waals surface area contributed by atoms with Gasteiger partial charge < -0.3 is 20.7 Å². The van der Waals surface area contributed by atoms with Crippen LogP contribution in [0.1, 0.15) is 11.3 Å². The number of H-pyrrole nitrogens is 1. The van der Waals surface area contributed by atoms with Crippen LogP contribution < -0.4 is 10.6 Å². The molecule has 1 aromatic heterocycles. The van der Waals surface area contributed by atoms with Gasteiger partial charge in [-0.25, -0.2) is 4.98 Å². The molecule has 0 radical (unpaired) electrons. The molecule has 6 heteroatoms. The standard InChI is InChI=1S/C13H14N4OS/c18-11-4-2-1-3-10(11)15-12-8-7-14-6-5-9(8)16-13(19)17-12/h1-4,14,18H,5-7H2,(H2,15,16,17,19). The van der Waals surface area contributed by atoms with E-state index < -0.39 is 0 Å². The lowest BCUT2D eigenvalue weighted by atomic mass is 10.1. The Morgan fingerprint density at radius 2 is 2.16 bits per heavy atom. The number of aromatic hydroxyl groups is 1. The number of phenolic OH excluding ortho intramolecular Hbond substituents is 1. The van der Waals surface area contributed by atoms with Crippen molar-refractivity contribution in [2.75, 3.05) is 11.9 Å². The van der Waals surface area contributed by atoms with Crippen LogP contribution in [0.25, 0.3) is 0 Å². The lowest BCUT2D eigenvalue weighted by Crippen LogP contribution is -2.26. The van der Waals surface area contributed by atoms with Crippen molar-refractivity contribution >= 4 is 23.7 Å². The number of aromatic amines is 1. The Morgan fingerprint density at radius 3 is 3.00 bits per heavy atom. The molecule has 0 atom stereocenters. The van der Waals surface area contributed by atoms with Crippen LogP contribution in [-0.4, -0.2) is 21.6 Å². The van der Waals surface area contributed by atoms with Gasteiger partial charge in [-0.3, -0.25) is 0 Å². The Bertz CT molecular complexity index is 668. The van der Waals surface area contributed by atoms with Crippen molar-refractivity contribution in [2.45, 2.75) is 13.0 Å². The zero-order chi connectivity index (χ0) is 13.2. The number of para-hydroxylation sites is 2. The van der Waals surface area contributed by atoms with Crippen molar-refractivity contribution in [2.24, 2.45) is 0 Å². The van der Waals surface area contributed by atoms with Crippen LogP contribution in [0, 0.1) is 4.77 Å². The van der Waals surface area contributed by atoms with Gasteiger partial charge in [-0.1, -0.05) is 12.1 Å². The van der Waals surface area contributed by atoms with Crippen molar-refractivity contribution in [3.8, 4) is 5.75 Å². The number of phenols is 1. The van der Waals surface area contributed by atoms with Gasteiger partial charge in [0.05, 0.1) is 5.69 Å². The summed E-state index contributed by atoms with van der Waals surface area (Å²) in [6.07, 6.45) is 0.900. The molecule has 1 aliphatic rings. The Kier molecular flexibility index (Phi) is 3.18. The molecule has 0 amide bonds. The fourth-order valence-corrected chi connectivity index (χ4v) is 2.40. The number of benzene rings is 1. The highest BCUT2D eigenvalue weighted by Gasteiger charge is 2.15. The number of rotatable bonds is 2. The van der Waals surface area contributed by atoms with Crippen molar-refractivity contribution in [1.82, 2.24) is 15.3 Å². The summed E-state index contributed by atoms with van der Waals surface area (Å²) in [5, 5.41) is 16.3. The highest BCUT2D eigenvalue weighted by molar-refractivity contribution is 7.71. The first-order valence-electron chi connectivity index (χ1n) is 6.12. The Morgan fingerprint density at radius 1 is 1.32 bits per heavy atom. The van der Waals surface area contributed by atoms with E-state index >= 15 is 0 Å². The number of hydrogen-bond donors (Lipinski definition) is 4. The maximum Gasteiger partial charge on any atom is 0.198 e. The fraction of sp³-hybridized carbons (Fsp3) is 0.231. The van der Waals surface area contributed by atoms with Gasteiger partial charge >= 0.3 is 0 Å². The van der Waals surface area contributed by atoms with Gasteiger partial charge in [-0.2, -0.15) is 0 Å².